The highest BCUT2D eigenvalue weighted by Gasteiger charge is 2.20. The summed E-state index contributed by atoms with van der Waals surface area (Å²) in [7, 11) is 0. The average molecular weight is 363 g/mol. The molecule has 0 atom stereocenters. The van der Waals surface area contributed by atoms with Gasteiger partial charge in [-0.1, -0.05) is 29.4 Å². The molecule has 23 heavy (non-hydrogen) atoms. The fraction of sp³-hybridized carbons (Fsp3) is 0.133. The minimum absolute atomic E-state index is 0.302. The van der Waals surface area contributed by atoms with E-state index in [-0.39, 0.29) is 0 Å². The first-order valence-electron chi connectivity index (χ1n) is 6.87. The summed E-state index contributed by atoms with van der Waals surface area (Å²) in [6, 6.07) is 11.3. The second-order valence-corrected chi connectivity index (χ2v) is 7.09. The molecule has 0 saturated heterocycles. The Morgan fingerprint density at radius 2 is 2.04 bits per heavy atom. The van der Waals surface area contributed by atoms with E-state index in [0.29, 0.717) is 17.5 Å². The summed E-state index contributed by atoms with van der Waals surface area (Å²) in [5.74, 6) is 2.21. The van der Waals surface area contributed by atoms with Crippen LogP contribution in [0.4, 0.5) is 0 Å². The van der Waals surface area contributed by atoms with Crippen LogP contribution in [-0.2, 0) is 6.61 Å². The zero-order chi connectivity index (χ0) is 15.6. The van der Waals surface area contributed by atoms with Gasteiger partial charge in [0.15, 0.2) is 5.82 Å². The summed E-state index contributed by atoms with van der Waals surface area (Å²) < 4.78 is 7.50. The van der Waals surface area contributed by atoms with Gasteiger partial charge in [0.2, 0.25) is 5.16 Å². The van der Waals surface area contributed by atoms with Crippen LogP contribution in [0.15, 0.2) is 52.0 Å². The number of halogens is 1. The van der Waals surface area contributed by atoms with Gasteiger partial charge in [0, 0.05) is 10.8 Å². The third-order valence-corrected chi connectivity index (χ3v) is 5.32. The minimum atomic E-state index is 0.302. The van der Waals surface area contributed by atoms with Crippen LogP contribution < -0.4 is 4.74 Å². The molecule has 0 spiro atoms. The summed E-state index contributed by atoms with van der Waals surface area (Å²) in [6.45, 7) is 0.302. The first-order chi connectivity index (χ1) is 11.3. The molecule has 0 fully saturated rings. The average Bonchev–Trinajstić information content (AvgIpc) is 3.24. The second kappa shape index (κ2) is 6.35. The van der Waals surface area contributed by atoms with Crippen molar-refractivity contribution in [3.05, 3.63) is 57.5 Å². The van der Waals surface area contributed by atoms with E-state index in [1.54, 1.807) is 39.9 Å². The fourth-order valence-electron chi connectivity index (χ4n) is 2.10. The van der Waals surface area contributed by atoms with Crippen LogP contribution in [-0.4, -0.2) is 26.3 Å². The second-order valence-electron chi connectivity index (χ2n) is 4.77. The van der Waals surface area contributed by atoms with Crippen LogP contribution >= 0.6 is 34.7 Å². The van der Waals surface area contributed by atoms with Gasteiger partial charge in [-0.2, -0.15) is 9.78 Å². The highest BCUT2D eigenvalue weighted by molar-refractivity contribution is 7.99. The largest absolute Gasteiger partial charge is 0.486 e. The summed E-state index contributed by atoms with van der Waals surface area (Å²) in [6.07, 6.45) is 0. The molecule has 4 rings (SSSR count). The molecule has 0 radical (unpaired) electrons. The normalized spacial score (nSPS) is 13.5. The van der Waals surface area contributed by atoms with E-state index < -0.39 is 0 Å². The molecule has 1 aliphatic rings. The van der Waals surface area contributed by atoms with Crippen LogP contribution in [0.3, 0.4) is 0 Å². The van der Waals surface area contributed by atoms with E-state index >= 15 is 0 Å². The number of aromatic nitrogens is 3. The van der Waals surface area contributed by atoms with Crippen LogP contribution in [0.5, 0.6) is 5.75 Å². The van der Waals surface area contributed by atoms with Crippen molar-refractivity contribution < 1.29 is 4.74 Å². The Bertz CT molecular complexity index is 843. The van der Waals surface area contributed by atoms with Crippen LogP contribution in [0.2, 0.25) is 5.02 Å². The predicted octanol–water partition coefficient (Wildman–Crippen LogP) is 3.93. The van der Waals surface area contributed by atoms with Gasteiger partial charge >= 0.3 is 0 Å². The summed E-state index contributed by atoms with van der Waals surface area (Å²) >= 11 is 9.18. The van der Waals surface area contributed by atoms with Gasteiger partial charge in [0.1, 0.15) is 12.4 Å². The number of rotatable bonds is 4. The summed E-state index contributed by atoms with van der Waals surface area (Å²) in [4.78, 5) is 1.17. The molecule has 8 heteroatoms. The van der Waals surface area contributed by atoms with Crippen molar-refractivity contribution in [2.45, 2.75) is 11.8 Å². The molecule has 116 valence electrons. The van der Waals surface area contributed by atoms with Gasteiger partial charge in [-0.25, -0.2) is 0 Å². The highest BCUT2D eigenvalue weighted by atomic mass is 35.5. The Hall–Kier alpha value is -1.83. The van der Waals surface area contributed by atoms with Crippen LogP contribution in [0, 0.1) is 0 Å². The molecular weight excluding hydrogens is 352 g/mol. The van der Waals surface area contributed by atoms with Gasteiger partial charge in [0.25, 0.3) is 0 Å². The van der Waals surface area contributed by atoms with Crippen molar-refractivity contribution in [2.24, 2.45) is 5.10 Å². The van der Waals surface area contributed by atoms with Gasteiger partial charge in [0.05, 0.1) is 10.6 Å². The highest BCUT2D eigenvalue weighted by Crippen LogP contribution is 2.26. The molecule has 0 N–H and O–H groups in total. The monoisotopic (exact) mass is 362 g/mol. The Morgan fingerprint density at radius 3 is 2.83 bits per heavy atom. The lowest BCUT2D eigenvalue weighted by Crippen LogP contribution is -2.14. The molecular formula is C15H11ClN4OS2. The summed E-state index contributed by atoms with van der Waals surface area (Å²) in [5.41, 5.74) is 1.03. The summed E-state index contributed by atoms with van der Waals surface area (Å²) in [5, 5.41) is 16.5. The van der Waals surface area contributed by atoms with Crippen molar-refractivity contribution in [3.8, 4) is 5.75 Å². The molecule has 5 nitrogen and oxygen atoms in total. The van der Waals surface area contributed by atoms with Gasteiger partial charge in [-0.3, -0.25) is 0 Å². The zero-order valence-corrected chi connectivity index (χ0v) is 14.2. The molecule has 1 aromatic carbocycles. The maximum absolute atomic E-state index is 5.87. The van der Waals surface area contributed by atoms with Crippen molar-refractivity contribution in [3.63, 3.8) is 0 Å². The third-order valence-electron chi connectivity index (χ3n) is 3.22. The van der Waals surface area contributed by atoms with Crippen LogP contribution in [0.25, 0.3) is 0 Å². The van der Waals surface area contributed by atoms with E-state index in [1.165, 1.54) is 4.88 Å². The number of benzene rings is 1. The Balaban J connectivity index is 1.56. The number of thiophene rings is 1. The van der Waals surface area contributed by atoms with Crippen molar-refractivity contribution in [2.75, 3.05) is 5.75 Å². The molecule has 0 bridgehead atoms. The van der Waals surface area contributed by atoms with E-state index in [9.17, 15) is 0 Å². The molecule has 3 heterocycles. The van der Waals surface area contributed by atoms with Gasteiger partial charge < -0.3 is 4.74 Å². The fourth-order valence-corrected chi connectivity index (χ4v) is 3.87. The van der Waals surface area contributed by atoms with E-state index in [2.05, 4.69) is 26.7 Å². The van der Waals surface area contributed by atoms with Crippen molar-refractivity contribution >= 4 is 40.4 Å². The Labute approximate surface area is 146 Å². The number of thioether (sulfide) groups is 1. The number of hydrogen-bond acceptors (Lipinski definition) is 6. The number of nitrogens with zero attached hydrogens (tertiary/aromatic N) is 4. The smallest absolute Gasteiger partial charge is 0.212 e. The first-order valence-corrected chi connectivity index (χ1v) is 9.11. The lowest BCUT2D eigenvalue weighted by molar-refractivity contribution is 0.290. The number of ether oxygens (including phenoxy) is 1. The molecule has 3 aromatic rings. The molecule has 1 aliphatic heterocycles. The maximum Gasteiger partial charge on any atom is 0.212 e. The van der Waals surface area contributed by atoms with E-state index in [0.717, 1.165) is 22.4 Å². The lowest BCUT2D eigenvalue weighted by atomic mass is 10.3. The number of fused-ring (bicyclic) bond motifs is 1. The van der Waals surface area contributed by atoms with E-state index in [4.69, 9.17) is 16.3 Å². The molecule has 0 saturated carbocycles. The standard InChI is InChI=1S/C15H11ClN4OS2/c16-10-3-5-11(6-4-10)21-8-14-17-18-15-20(14)19-12(9-23-15)13-2-1-7-22-13/h1-7H,8-9H2. The number of hydrogen-bond donors (Lipinski definition) is 0. The molecule has 0 aliphatic carbocycles. The maximum atomic E-state index is 5.87. The molecule has 0 unspecified atom stereocenters. The molecule has 2 aromatic heterocycles. The lowest BCUT2D eigenvalue weighted by Gasteiger charge is -2.13. The Morgan fingerprint density at radius 1 is 1.17 bits per heavy atom. The molecule has 0 amide bonds. The van der Waals surface area contributed by atoms with Crippen molar-refractivity contribution in [1.29, 1.82) is 0 Å². The van der Waals surface area contributed by atoms with Crippen LogP contribution in [0.1, 0.15) is 10.7 Å². The SMILES string of the molecule is Clc1ccc(OCc2nnc3n2N=C(c2cccs2)CS3)cc1. The van der Waals surface area contributed by atoms with E-state index in [1.807, 2.05) is 18.2 Å². The minimum Gasteiger partial charge on any atom is -0.486 e. The Kier molecular flexibility index (Phi) is 4.07. The quantitative estimate of drug-likeness (QED) is 0.705. The van der Waals surface area contributed by atoms with Gasteiger partial charge in [-0.15, -0.1) is 21.5 Å². The van der Waals surface area contributed by atoms with Gasteiger partial charge in [-0.05, 0) is 35.7 Å². The third kappa shape index (κ3) is 3.12. The van der Waals surface area contributed by atoms with Crippen molar-refractivity contribution in [1.82, 2.24) is 14.9 Å². The predicted molar refractivity (Wildman–Crippen MR) is 92.8 cm³/mol. The zero-order valence-electron chi connectivity index (χ0n) is 11.8. The first kappa shape index (κ1) is 14.7. The topological polar surface area (TPSA) is 52.3 Å².